The Labute approximate surface area is 82.6 Å². The Hall–Kier alpha value is -1.22. The monoisotopic (exact) mass is 201 g/mol. The summed E-state index contributed by atoms with van der Waals surface area (Å²) in [7, 11) is 2.95. The van der Waals surface area contributed by atoms with Gasteiger partial charge in [0.2, 0.25) is 0 Å². The topological polar surface area (TPSA) is 40.5 Å². The Morgan fingerprint density at radius 3 is 1.85 bits per heavy atom. The molecular formula is C9H12ClNO2. The van der Waals surface area contributed by atoms with E-state index in [1.165, 1.54) is 14.1 Å². The fourth-order valence-corrected chi connectivity index (χ4v) is 0.560. The fourth-order valence-electron chi connectivity index (χ4n) is 0.415. The quantitative estimate of drug-likeness (QED) is 0.701. The summed E-state index contributed by atoms with van der Waals surface area (Å²) in [6.45, 7) is 0. The Morgan fingerprint density at radius 1 is 1.31 bits per heavy atom. The number of benzene rings is 1. The molecule has 0 bridgehead atoms. The molecule has 1 amide bonds. The van der Waals surface area contributed by atoms with Crippen LogP contribution in [0.5, 0.6) is 0 Å². The van der Waals surface area contributed by atoms with Crippen LogP contribution >= 0.6 is 11.6 Å². The Bertz CT molecular complexity index is 249. The van der Waals surface area contributed by atoms with Crippen LogP contribution in [0.1, 0.15) is 0 Å². The molecule has 0 heterocycles. The number of hydrogen-bond donors (Lipinski definition) is 1. The highest BCUT2D eigenvalue weighted by atomic mass is 35.5. The van der Waals surface area contributed by atoms with E-state index in [0.29, 0.717) is 0 Å². The largest absolute Gasteiger partial charge is 0.465 e. The first kappa shape index (κ1) is 11.8. The number of carbonyl (C=O) groups is 1. The van der Waals surface area contributed by atoms with Gasteiger partial charge in [-0.1, -0.05) is 29.8 Å². The summed E-state index contributed by atoms with van der Waals surface area (Å²) in [6, 6.07) is 9.44. The third-order valence-corrected chi connectivity index (χ3v) is 1.37. The van der Waals surface area contributed by atoms with Gasteiger partial charge >= 0.3 is 6.09 Å². The molecule has 4 heteroatoms. The van der Waals surface area contributed by atoms with E-state index in [4.69, 9.17) is 16.7 Å². The average Bonchev–Trinajstić information content (AvgIpc) is 2.06. The smallest absolute Gasteiger partial charge is 0.406 e. The summed E-state index contributed by atoms with van der Waals surface area (Å²) in [5.41, 5.74) is 0. The summed E-state index contributed by atoms with van der Waals surface area (Å²) in [6.07, 6.45) is -0.907. The van der Waals surface area contributed by atoms with Gasteiger partial charge in [0.15, 0.2) is 0 Å². The maximum Gasteiger partial charge on any atom is 0.406 e. The molecule has 1 aromatic carbocycles. The van der Waals surface area contributed by atoms with Crippen LogP contribution in [0, 0.1) is 0 Å². The van der Waals surface area contributed by atoms with Crippen molar-refractivity contribution in [1.29, 1.82) is 0 Å². The number of hydrogen-bond acceptors (Lipinski definition) is 1. The van der Waals surface area contributed by atoms with Crippen molar-refractivity contribution in [2.75, 3.05) is 14.1 Å². The third-order valence-electron chi connectivity index (χ3n) is 1.12. The van der Waals surface area contributed by atoms with Gasteiger partial charge in [0.25, 0.3) is 0 Å². The number of rotatable bonds is 0. The molecular weight excluding hydrogens is 190 g/mol. The lowest BCUT2D eigenvalue weighted by Gasteiger charge is -1.99. The van der Waals surface area contributed by atoms with E-state index in [9.17, 15) is 4.79 Å². The number of nitrogens with zero attached hydrogens (tertiary/aromatic N) is 1. The molecule has 1 rings (SSSR count). The number of amides is 1. The first-order valence-electron chi connectivity index (χ1n) is 3.65. The fraction of sp³-hybridized carbons (Fsp3) is 0.222. The van der Waals surface area contributed by atoms with Crippen molar-refractivity contribution in [2.24, 2.45) is 0 Å². The third kappa shape index (κ3) is 7.15. The van der Waals surface area contributed by atoms with Gasteiger partial charge < -0.3 is 10.0 Å². The van der Waals surface area contributed by atoms with Gasteiger partial charge in [-0.3, -0.25) is 0 Å². The van der Waals surface area contributed by atoms with E-state index >= 15 is 0 Å². The van der Waals surface area contributed by atoms with E-state index in [2.05, 4.69) is 0 Å². The minimum atomic E-state index is -0.907. The van der Waals surface area contributed by atoms with Gasteiger partial charge in [0, 0.05) is 19.1 Å². The molecule has 0 radical (unpaired) electrons. The lowest BCUT2D eigenvalue weighted by molar-refractivity contribution is 0.165. The molecule has 72 valence electrons. The van der Waals surface area contributed by atoms with Crippen molar-refractivity contribution in [3.05, 3.63) is 35.4 Å². The Balaban J connectivity index is 0.000000226. The van der Waals surface area contributed by atoms with E-state index in [0.717, 1.165) is 9.92 Å². The zero-order chi connectivity index (χ0) is 10.3. The molecule has 0 aromatic heterocycles. The van der Waals surface area contributed by atoms with Crippen molar-refractivity contribution >= 4 is 17.7 Å². The minimum absolute atomic E-state index is 0.794. The van der Waals surface area contributed by atoms with Gasteiger partial charge in [-0.2, -0.15) is 0 Å². The zero-order valence-corrected chi connectivity index (χ0v) is 8.32. The van der Waals surface area contributed by atoms with Crippen molar-refractivity contribution in [1.82, 2.24) is 4.90 Å². The molecule has 0 fully saturated rings. The second kappa shape index (κ2) is 6.31. The number of carboxylic acid groups (broad SMARTS) is 1. The van der Waals surface area contributed by atoms with Crippen LogP contribution in [-0.2, 0) is 0 Å². The summed E-state index contributed by atoms with van der Waals surface area (Å²) in [4.78, 5) is 10.7. The van der Waals surface area contributed by atoms with Crippen LogP contribution in [0.15, 0.2) is 30.3 Å². The molecule has 0 aliphatic heterocycles. The van der Waals surface area contributed by atoms with Crippen LogP contribution in [0.25, 0.3) is 0 Å². The van der Waals surface area contributed by atoms with Crippen molar-refractivity contribution < 1.29 is 9.90 Å². The lowest BCUT2D eigenvalue weighted by atomic mass is 10.4. The average molecular weight is 202 g/mol. The van der Waals surface area contributed by atoms with Gasteiger partial charge in [-0.15, -0.1) is 0 Å². The summed E-state index contributed by atoms with van der Waals surface area (Å²) in [5.74, 6) is 0. The predicted octanol–water partition coefficient (Wildman–Crippen LogP) is 2.57. The first-order chi connectivity index (χ1) is 6.04. The molecule has 13 heavy (non-hydrogen) atoms. The molecule has 0 spiro atoms. The molecule has 0 saturated heterocycles. The van der Waals surface area contributed by atoms with Crippen LogP contribution in [0.3, 0.4) is 0 Å². The van der Waals surface area contributed by atoms with E-state index in [1.54, 1.807) is 0 Å². The molecule has 1 N–H and O–H groups in total. The van der Waals surface area contributed by atoms with E-state index < -0.39 is 6.09 Å². The maximum absolute atomic E-state index is 9.62. The highest BCUT2D eigenvalue weighted by Gasteiger charge is 1.91. The minimum Gasteiger partial charge on any atom is -0.465 e. The maximum atomic E-state index is 9.62. The highest BCUT2D eigenvalue weighted by Crippen LogP contribution is 2.03. The Morgan fingerprint density at radius 2 is 1.69 bits per heavy atom. The molecule has 0 saturated carbocycles. The molecule has 0 aliphatic carbocycles. The van der Waals surface area contributed by atoms with Crippen molar-refractivity contribution in [3.8, 4) is 0 Å². The second-order valence-electron chi connectivity index (χ2n) is 2.47. The normalized spacial score (nSPS) is 8.23. The summed E-state index contributed by atoms with van der Waals surface area (Å²) >= 11 is 5.54. The molecule has 1 aromatic rings. The zero-order valence-electron chi connectivity index (χ0n) is 7.57. The first-order valence-corrected chi connectivity index (χ1v) is 4.02. The molecule has 3 nitrogen and oxygen atoms in total. The molecule has 0 unspecified atom stereocenters. The Kier molecular flexibility index (Phi) is 5.72. The van der Waals surface area contributed by atoms with E-state index in [1.807, 2.05) is 30.3 Å². The highest BCUT2D eigenvalue weighted by molar-refractivity contribution is 6.30. The van der Waals surface area contributed by atoms with Gasteiger partial charge in [-0.25, -0.2) is 4.79 Å². The molecule has 0 atom stereocenters. The lowest BCUT2D eigenvalue weighted by Crippen LogP contribution is -2.18. The summed E-state index contributed by atoms with van der Waals surface area (Å²) in [5, 5.41) is 8.71. The van der Waals surface area contributed by atoms with Gasteiger partial charge in [-0.05, 0) is 12.1 Å². The van der Waals surface area contributed by atoms with Crippen molar-refractivity contribution in [2.45, 2.75) is 0 Å². The SMILES string of the molecule is CN(C)C(=O)O.Clc1ccccc1. The number of halogens is 1. The van der Waals surface area contributed by atoms with Gasteiger partial charge in [0.05, 0.1) is 0 Å². The van der Waals surface area contributed by atoms with Crippen LogP contribution in [-0.4, -0.2) is 30.2 Å². The van der Waals surface area contributed by atoms with Crippen LogP contribution < -0.4 is 0 Å². The van der Waals surface area contributed by atoms with Crippen LogP contribution in [0.2, 0.25) is 5.02 Å². The van der Waals surface area contributed by atoms with Crippen LogP contribution in [0.4, 0.5) is 4.79 Å². The van der Waals surface area contributed by atoms with E-state index in [-0.39, 0.29) is 0 Å². The molecule has 0 aliphatic rings. The second-order valence-corrected chi connectivity index (χ2v) is 2.91. The predicted molar refractivity (Wildman–Crippen MR) is 53.2 cm³/mol. The van der Waals surface area contributed by atoms with Gasteiger partial charge in [0.1, 0.15) is 0 Å². The van der Waals surface area contributed by atoms with Crippen molar-refractivity contribution in [3.63, 3.8) is 0 Å². The summed E-state index contributed by atoms with van der Waals surface area (Å²) < 4.78 is 0. The standard InChI is InChI=1S/C6H5Cl.C3H7NO2/c7-6-4-2-1-3-5-6;1-4(2)3(5)6/h1-5H;1-2H3,(H,5,6).